The van der Waals surface area contributed by atoms with Crippen molar-refractivity contribution in [3.63, 3.8) is 0 Å². The summed E-state index contributed by atoms with van der Waals surface area (Å²) < 4.78 is 27.9. The van der Waals surface area contributed by atoms with Crippen LogP contribution < -0.4 is 10.5 Å². The lowest BCUT2D eigenvalue weighted by Crippen LogP contribution is -2.26. The number of nitrogens with one attached hydrogen (secondary N) is 1. The van der Waals surface area contributed by atoms with Gasteiger partial charge in [-0.05, 0) is 40.4 Å². The Morgan fingerprint density at radius 3 is 2.79 bits per heavy atom. The molecular formula is C11H13BrN2O2S3. The van der Waals surface area contributed by atoms with E-state index in [2.05, 4.69) is 20.7 Å². The Balaban J connectivity index is 2.25. The zero-order valence-electron chi connectivity index (χ0n) is 10.1. The van der Waals surface area contributed by atoms with Crippen molar-refractivity contribution in [2.24, 2.45) is 5.73 Å². The van der Waals surface area contributed by atoms with Gasteiger partial charge in [-0.2, -0.15) is 0 Å². The Labute approximate surface area is 128 Å². The molecule has 8 heteroatoms. The van der Waals surface area contributed by atoms with Crippen LogP contribution in [0.25, 0.3) is 0 Å². The Hall–Kier alpha value is -0.250. The average Bonchev–Trinajstić information content (AvgIpc) is 2.96. The quantitative estimate of drug-likeness (QED) is 0.836. The molecule has 104 valence electrons. The van der Waals surface area contributed by atoms with E-state index >= 15 is 0 Å². The van der Waals surface area contributed by atoms with Gasteiger partial charge in [0, 0.05) is 16.3 Å². The van der Waals surface area contributed by atoms with E-state index in [4.69, 9.17) is 5.73 Å². The topological polar surface area (TPSA) is 72.2 Å². The lowest BCUT2D eigenvalue weighted by molar-refractivity contribution is 0.568. The standard InChI is InChI=1S/C11H13BrN2O2S3/c1-7(9-3-2-4-17-9)14-19(15,16)10-5-8(6-13)18-11(10)12/h2-5,7,14H,6,13H2,1H3. The molecule has 0 saturated heterocycles. The van der Waals surface area contributed by atoms with Crippen molar-refractivity contribution >= 4 is 48.6 Å². The number of hydrogen-bond acceptors (Lipinski definition) is 5. The van der Waals surface area contributed by atoms with Crippen LogP contribution in [0.3, 0.4) is 0 Å². The lowest BCUT2D eigenvalue weighted by atomic mass is 10.3. The molecule has 19 heavy (non-hydrogen) atoms. The molecule has 2 aromatic rings. The van der Waals surface area contributed by atoms with Crippen LogP contribution in [0.1, 0.15) is 22.7 Å². The zero-order chi connectivity index (χ0) is 14.0. The van der Waals surface area contributed by atoms with Gasteiger partial charge in [0.1, 0.15) is 4.90 Å². The monoisotopic (exact) mass is 380 g/mol. The number of hydrogen-bond donors (Lipinski definition) is 2. The number of sulfonamides is 1. The summed E-state index contributed by atoms with van der Waals surface area (Å²) in [4.78, 5) is 2.06. The van der Waals surface area contributed by atoms with Crippen molar-refractivity contribution in [3.05, 3.63) is 37.1 Å². The zero-order valence-corrected chi connectivity index (χ0v) is 14.1. The summed E-state index contributed by atoms with van der Waals surface area (Å²) in [7, 11) is -3.54. The molecule has 1 atom stereocenters. The first-order chi connectivity index (χ1) is 8.94. The Kier molecular flexibility index (Phi) is 4.80. The van der Waals surface area contributed by atoms with E-state index in [9.17, 15) is 8.42 Å². The molecule has 0 aliphatic rings. The van der Waals surface area contributed by atoms with E-state index in [1.165, 1.54) is 22.7 Å². The predicted octanol–water partition coefficient (Wildman–Crippen LogP) is 3.07. The van der Waals surface area contributed by atoms with Gasteiger partial charge in [0.15, 0.2) is 0 Å². The average molecular weight is 381 g/mol. The predicted molar refractivity (Wildman–Crippen MR) is 83.0 cm³/mol. The fraction of sp³-hybridized carbons (Fsp3) is 0.273. The Bertz CT molecular complexity index is 650. The van der Waals surface area contributed by atoms with Crippen molar-refractivity contribution in [1.29, 1.82) is 0 Å². The second kappa shape index (κ2) is 6.02. The third-order valence-corrected chi connectivity index (χ3v) is 7.37. The van der Waals surface area contributed by atoms with E-state index in [0.717, 1.165) is 9.75 Å². The van der Waals surface area contributed by atoms with Crippen molar-refractivity contribution in [2.45, 2.75) is 24.4 Å². The highest BCUT2D eigenvalue weighted by Crippen LogP contribution is 2.32. The molecule has 0 bridgehead atoms. The number of rotatable bonds is 5. The summed E-state index contributed by atoms with van der Waals surface area (Å²) in [6.45, 7) is 2.16. The van der Waals surface area contributed by atoms with Gasteiger partial charge in [-0.3, -0.25) is 0 Å². The first-order valence-electron chi connectivity index (χ1n) is 5.48. The van der Waals surface area contributed by atoms with Crippen molar-refractivity contribution in [2.75, 3.05) is 0 Å². The van der Waals surface area contributed by atoms with Gasteiger partial charge < -0.3 is 5.73 Å². The van der Waals surface area contributed by atoms with Gasteiger partial charge in [0.05, 0.1) is 9.83 Å². The lowest BCUT2D eigenvalue weighted by Gasteiger charge is -2.12. The molecule has 0 fully saturated rings. The molecule has 2 rings (SSSR count). The van der Waals surface area contributed by atoms with E-state index in [-0.39, 0.29) is 10.9 Å². The van der Waals surface area contributed by atoms with Gasteiger partial charge in [-0.25, -0.2) is 13.1 Å². The molecule has 0 spiro atoms. The van der Waals surface area contributed by atoms with Gasteiger partial charge in [0.25, 0.3) is 0 Å². The Morgan fingerprint density at radius 2 is 2.26 bits per heavy atom. The molecule has 2 heterocycles. The summed E-state index contributed by atoms with van der Waals surface area (Å²) in [5, 5.41) is 1.92. The van der Waals surface area contributed by atoms with Crippen LogP contribution in [-0.4, -0.2) is 8.42 Å². The highest BCUT2D eigenvalue weighted by molar-refractivity contribution is 9.11. The maximum Gasteiger partial charge on any atom is 0.243 e. The number of nitrogens with two attached hydrogens (primary N) is 1. The maximum absolute atomic E-state index is 12.3. The molecule has 0 saturated carbocycles. The van der Waals surface area contributed by atoms with Gasteiger partial charge in [0.2, 0.25) is 10.0 Å². The van der Waals surface area contributed by atoms with E-state index in [1.54, 1.807) is 6.07 Å². The highest BCUT2D eigenvalue weighted by Gasteiger charge is 2.23. The minimum Gasteiger partial charge on any atom is -0.326 e. The van der Waals surface area contributed by atoms with Crippen LogP contribution >= 0.6 is 38.6 Å². The summed E-state index contributed by atoms with van der Waals surface area (Å²) in [6.07, 6.45) is 0. The fourth-order valence-electron chi connectivity index (χ4n) is 1.57. The summed E-state index contributed by atoms with van der Waals surface area (Å²) in [5.41, 5.74) is 5.53. The van der Waals surface area contributed by atoms with E-state index < -0.39 is 10.0 Å². The van der Waals surface area contributed by atoms with Crippen molar-refractivity contribution in [3.8, 4) is 0 Å². The molecule has 0 radical (unpaired) electrons. The molecule has 2 aromatic heterocycles. The minimum absolute atomic E-state index is 0.251. The van der Waals surface area contributed by atoms with E-state index in [0.29, 0.717) is 10.3 Å². The van der Waals surface area contributed by atoms with Crippen LogP contribution in [0.2, 0.25) is 0 Å². The van der Waals surface area contributed by atoms with Gasteiger partial charge >= 0.3 is 0 Å². The molecule has 3 N–H and O–H groups in total. The molecule has 1 unspecified atom stereocenters. The summed E-state index contributed by atoms with van der Waals surface area (Å²) >= 11 is 6.14. The van der Waals surface area contributed by atoms with Crippen molar-refractivity contribution < 1.29 is 8.42 Å². The highest BCUT2D eigenvalue weighted by atomic mass is 79.9. The third-order valence-electron chi connectivity index (χ3n) is 2.50. The largest absolute Gasteiger partial charge is 0.326 e. The molecule has 0 aliphatic heterocycles. The molecule has 0 amide bonds. The first kappa shape index (κ1) is 15.1. The number of halogens is 1. The van der Waals surface area contributed by atoms with Crippen molar-refractivity contribution in [1.82, 2.24) is 4.72 Å². The smallest absolute Gasteiger partial charge is 0.243 e. The molecule has 0 aliphatic carbocycles. The number of thiophene rings is 2. The van der Waals surface area contributed by atoms with E-state index in [1.807, 2.05) is 24.4 Å². The van der Waals surface area contributed by atoms with Crippen LogP contribution in [-0.2, 0) is 16.6 Å². The second-order valence-corrected chi connectivity index (χ2v) is 9.03. The first-order valence-corrected chi connectivity index (χ1v) is 9.45. The van der Waals surface area contributed by atoms with Crippen LogP contribution in [0, 0.1) is 0 Å². The van der Waals surface area contributed by atoms with Crippen LogP contribution in [0.5, 0.6) is 0 Å². The SMILES string of the molecule is CC(NS(=O)(=O)c1cc(CN)sc1Br)c1cccs1. The maximum atomic E-state index is 12.3. The second-order valence-electron chi connectivity index (χ2n) is 3.91. The van der Waals surface area contributed by atoms with Gasteiger partial charge in [-0.15, -0.1) is 22.7 Å². The third kappa shape index (κ3) is 3.45. The summed E-state index contributed by atoms with van der Waals surface area (Å²) in [6, 6.07) is 5.17. The van der Waals surface area contributed by atoms with Crippen LogP contribution in [0.15, 0.2) is 32.3 Å². The minimum atomic E-state index is -3.54. The Morgan fingerprint density at radius 1 is 1.53 bits per heavy atom. The normalized spacial score (nSPS) is 13.6. The fourth-order valence-corrected chi connectivity index (χ4v) is 6.17. The van der Waals surface area contributed by atoms with Gasteiger partial charge in [-0.1, -0.05) is 6.07 Å². The molecule has 0 aromatic carbocycles. The molecular weight excluding hydrogens is 368 g/mol. The molecule has 4 nitrogen and oxygen atoms in total. The summed E-state index contributed by atoms with van der Waals surface area (Å²) in [5.74, 6) is 0. The van der Waals surface area contributed by atoms with Crippen LogP contribution in [0.4, 0.5) is 0 Å².